The highest BCUT2D eigenvalue weighted by Crippen LogP contribution is 2.13. The van der Waals surface area contributed by atoms with Crippen LogP contribution in [-0.2, 0) is 4.79 Å². The molecule has 1 unspecified atom stereocenters. The van der Waals surface area contributed by atoms with Gasteiger partial charge in [-0.2, -0.15) is 5.10 Å². The van der Waals surface area contributed by atoms with Crippen LogP contribution in [0.4, 0.5) is 0 Å². The third-order valence-electron chi connectivity index (χ3n) is 2.62. The fourth-order valence-electron chi connectivity index (χ4n) is 1.68. The number of hydrogen-bond donors (Lipinski definition) is 2. The van der Waals surface area contributed by atoms with Crippen LogP contribution in [-0.4, -0.2) is 11.6 Å². The van der Waals surface area contributed by atoms with E-state index in [2.05, 4.69) is 23.2 Å². The number of amides is 1. The maximum absolute atomic E-state index is 11.1. The first-order chi connectivity index (χ1) is 8.15. The molecule has 1 N–H and O–H groups in total. The van der Waals surface area contributed by atoms with Crippen molar-refractivity contribution in [3.8, 4) is 0 Å². The summed E-state index contributed by atoms with van der Waals surface area (Å²) in [6.45, 7) is 2.00. The molecule has 0 radical (unpaired) electrons. The van der Waals surface area contributed by atoms with Crippen molar-refractivity contribution in [3.05, 3.63) is 35.9 Å². The molecule has 0 spiro atoms. The number of rotatable bonds is 2. The molecule has 88 valence electrons. The standard InChI is InChI=1S/C13H14N2OS/c1-9-7-13(16)15-14-12(9)6-5-10-3-2-4-11(17)8-10/h2-6,8-9,17H,7H2,1H3,(H,15,16). The fourth-order valence-corrected chi connectivity index (χ4v) is 1.91. The van der Waals surface area contributed by atoms with Crippen molar-refractivity contribution in [1.29, 1.82) is 0 Å². The van der Waals surface area contributed by atoms with Crippen LogP contribution in [0.2, 0.25) is 0 Å². The largest absolute Gasteiger partial charge is 0.273 e. The Labute approximate surface area is 106 Å². The van der Waals surface area contributed by atoms with E-state index in [4.69, 9.17) is 0 Å². The summed E-state index contributed by atoms with van der Waals surface area (Å²) in [6.07, 6.45) is 4.41. The number of nitrogens with zero attached hydrogens (tertiary/aromatic N) is 1. The predicted octanol–water partition coefficient (Wildman–Crippen LogP) is 2.50. The Morgan fingerprint density at radius 1 is 1.47 bits per heavy atom. The van der Waals surface area contributed by atoms with Gasteiger partial charge in [-0.3, -0.25) is 4.79 Å². The number of hydrazone groups is 1. The van der Waals surface area contributed by atoms with Crippen LogP contribution in [0.3, 0.4) is 0 Å². The number of allylic oxidation sites excluding steroid dienone is 1. The monoisotopic (exact) mass is 246 g/mol. The molecule has 1 aliphatic heterocycles. The van der Waals surface area contributed by atoms with Crippen LogP contribution >= 0.6 is 12.6 Å². The lowest BCUT2D eigenvalue weighted by atomic mass is 9.99. The van der Waals surface area contributed by atoms with Crippen LogP contribution in [0.5, 0.6) is 0 Å². The Hall–Kier alpha value is -1.55. The fraction of sp³-hybridized carbons (Fsp3) is 0.231. The van der Waals surface area contributed by atoms with E-state index >= 15 is 0 Å². The molecule has 0 saturated heterocycles. The minimum absolute atomic E-state index is 0.0213. The summed E-state index contributed by atoms with van der Waals surface area (Å²) in [5.74, 6) is 0.145. The molecule has 1 heterocycles. The summed E-state index contributed by atoms with van der Waals surface area (Å²) >= 11 is 4.28. The van der Waals surface area contributed by atoms with Gasteiger partial charge in [0.1, 0.15) is 0 Å². The van der Waals surface area contributed by atoms with Crippen LogP contribution in [0.15, 0.2) is 40.3 Å². The quantitative estimate of drug-likeness (QED) is 0.773. The zero-order valence-corrected chi connectivity index (χ0v) is 10.4. The molecule has 0 aliphatic carbocycles. The van der Waals surface area contributed by atoms with Crippen LogP contribution in [0.25, 0.3) is 6.08 Å². The van der Waals surface area contributed by atoms with Crippen molar-refractivity contribution in [2.45, 2.75) is 18.2 Å². The van der Waals surface area contributed by atoms with E-state index < -0.39 is 0 Å². The molecular formula is C13H14N2OS. The van der Waals surface area contributed by atoms with Crippen LogP contribution in [0, 0.1) is 5.92 Å². The minimum atomic E-state index is -0.0213. The highest BCUT2D eigenvalue weighted by Gasteiger charge is 2.17. The van der Waals surface area contributed by atoms with Gasteiger partial charge in [-0.15, -0.1) is 12.6 Å². The van der Waals surface area contributed by atoms with Crippen LogP contribution in [0.1, 0.15) is 18.9 Å². The topological polar surface area (TPSA) is 41.5 Å². The summed E-state index contributed by atoms with van der Waals surface area (Å²) in [6, 6.07) is 7.87. The second-order valence-electron chi connectivity index (χ2n) is 4.11. The summed E-state index contributed by atoms with van der Waals surface area (Å²) in [7, 11) is 0. The summed E-state index contributed by atoms with van der Waals surface area (Å²) in [4.78, 5) is 12.0. The molecule has 1 aromatic rings. The van der Waals surface area contributed by atoms with Gasteiger partial charge in [-0.1, -0.05) is 25.1 Å². The first kappa shape index (κ1) is 11.9. The maximum Gasteiger partial charge on any atom is 0.240 e. The normalized spacial score (nSPS) is 20.2. The first-order valence-corrected chi connectivity index (χ1v) is 5.93. The average molecular weight is 246 g/mol. The SMILES string of the molecule is CC1CC(=O)NN=C1C=Cc1cccc(S)c1. The highest BCUT2D eigenvalue weighted by molar-refractivity contribution is 7.80. The molecule has 2 rings (SSSR count). The number of benzene rings is 1. The molecule has 0 saturated carbocycles. The Balaban J connectivity index is 2.13. The summed E-state index contributed by atoms with van der Waals surface area (Å²) < 4.78 is 0. The van der Waals surface area contributed by atoms with Crippen molar-refractivity contribution in [1.82, 2.24) is 5.43 Å². The predicted molar refractivity (Wildman–Crippen MR) is 72.1 cm³/mol. The van der Waals surface area contributed by atoms with E-state index in [-0.39, 0.29) is 11.8 Å². The van der Waals surface area contributed by atoms with Gasteiger partial charge >= 0.3 is 0 Å². The molecule has 17 heavy (non-hydrogen) atoms. The van der Waals surface area contributed by atoms with E-state index in [1.165, 1.54) is 0 Å². The first-order valence-electron chi connectivity index (χ1n) is 5.48. The molecule has 1 amide bonds. The van der Waals surface area contributed by atoms with E-state index in [0.717, 1.165) is 16.2 Å². The zero-order chi connectivity index (χ0) is 12.3. The second-order valence-corrected chi connectivity index (χ2v) is 4.62. The average Bonchev–Trinajstić information content (AvgIpc) is 2.28. The zero-order valence-electron chi connectivity index (χ0n) is 9.55. The molecule has 1 aromatic carbocycles. The number of hydrogen-bond acceptors (Lipinski definition) is 3. The third-order valence-corrected chi connectivity index (χ3v) is 2.90. The lowest BCUT2D eigenvalue weighted by Crippen LogP contribution is -2.30. The van der Waals surface area contributed by atoms with Gasteiger partial charge in [-0.05, 0) is 23.8 Å². The van der Waals surface area contributed by atoms with Crippen molar-refractivity contribution in [2.75, 3.05) is 0 Å². The summed E-state index contributed by atoms with van der Waals surface area (Å²) in [5.41, 5.74) is 4.46. The van der Waals surface area contributed by atoms with Crippen molar-refractivity contribution < 1.29 is 4.79 Å². The molecule has 0 aromatic heterocycles. The Morgan fingerprint density at radius 2 is 2.29 bits per heavy atom. The molecule has 0 fully saturated rings. The van der Waals surface area contributed by atoms with Gasteiger partial charge in [-0.25, -0.2) is 5.43 Å². The van der Waals surface area contributed by atoms with Gasteiger partial charge in [0, 0.05) is 17.2 Å². The van der Waals surface area contributed by atoms with Gasteiger partial charge < -0.3 is 0 Å². The molecule has 4 heteroatoms. The lowest BCUT2D eigenvalue weighted by molar-refractivity contribution is -0.121. The van der Waals surface area contributed by atoms with Crippen molar-refractivity contribution in [3.63, 3.8) is 0 Å². The lowest BCUT2D eigenvalue weighted by Gasteiger charge is -2.15. The van der Waals surface area contributed by atoms with E-state index in [1.54, 1.807) is 0 Å². The third kappa shape index (κ3) is 3.20. The molecule has 1 aliphatic rings. The van der Waals surface area contributed by atoms with Crippen LogP contribution < -0.4 is 5.43 Å². The number of nitrogens with one attached hydrogen (secondary N) is 1. The van der Waals surface area contributed by atoms with Gasteiger partial charge in [0.2, 0.25) is 5.91 Å². The van der Waals surface area contributed by atoms with Crippen molar-refractivity contribution >= 4 is 30.3 Å². The molecule has 1 atom stereocenters. The van der Waals surface area contributed by atoms with E-state index in [1.807, 2.05) is 43.3 Å². The molecule has 0 bridgehead atoms. The smallest absolute Gasteiger partial charge is 0.240 e. The minimum Gasteiger partial charge on any atom is -0.273 e. The maximum atomic E-state index is 11.1. The number of carbonyl (C=O) groups excluding carboxylic acids is 1. The number of carbonyl (C=O) groups is 1. The van der Waals surface area contributed by atoms with Crippen molar-refractivity contribution in [2.24, 2.45) is 11.0 Å². The Kier molecular flexibility index (Phi) is 3.64. The van der Waals surface area contributed by atoms with Gasteiger partial charge in [0.05, 0.1) is 5.71 Å². The Morgan fingerprint density at radius 3 is 3.00 bits per heavy atom. The molecular weight excluding hydrogens is 232 g/mol. The van der Waals surface area contributed by atoms with E-state index in [9.17, 15) is 4.79 Å². The number of thiol groups is 1. The van der Waals surface area contributed by atoms with E-state index in [0.29, 0.717) is 6.42 Å². The Bertz CT molecular complexity index is 494. The van der Waals surface area contributed by atoms with Gasteiger partial charge in [0.25, 0.3) is 0 Å². The highest BCUT2D eigenvalue weighted by atomic mass is 32.1. The van der Waals surface area contributed by atoms with Gasteiger partial charge in [0.15, 0.2) is 0 Å². The summed E-state index contributed by atoms with van der Waals surface area (Å²) in [5, 5.41) is 4.04. The second kappa shape index (κ2) is 5.19. The molecule has 3 nitrogen and oxygen atoms in total.